The predicted molar refractivity (Wildman–Crippen MR) is 73.1 cm³/mol. The number of benzene rings is 1. The second kappa shape index (κ2) is 6.57. The van der Waals surface area contributed by atoms with Crippen LogP contribution in [0.3, 0.4) is 0 Å². The van der Waals surface area contributed by atoms with Crippen molar-refractivity contribution in [2.24, 2.45) is 0 Å². The molecule has 0 saturated heterocycles. The van der Waals surface area contributed by atoms with E-state index in [1.165, 1.54) is 0 Å². The Hall–Kier alpha value is -1.55. The van der Waals surface area contributed by atoms with E-state index in [9.17, 15) is 4.79 Å². The molecule has 1 N–H and O–H groups in total. The largest absolute Gasteiger partial charge is 0.493 e. The van der Waals surface area contributed by atoms with E-state index >= 15 is 0 Å². The molecule has 1 aliphatic heterocycles. The van der Waals surface area contributed by atoms with E-state index in [-0.39, 0.29) is 11.9 Å². The minimum Gasteiger partial charge on any atom is -0.493 e. The summed E-state index contributed by atoms with van der Waals surface area (Å²) in [4.78, 5) is 12.0. The van der Waals surface area contributed by atoms with Crippen molar-refractivity contribution < 1.29 is 14.3 Å². The van der Waals surface area contributed by atoms with Crippen LogP contribution in [0, 0.1) is 0 Å². The maximum Gasteiger partial charge on any atom is 0.249 e. The summed E-state index contributed by atoms with van der Waals surface area (Å²) in [6.45, 7) is 4.90. The van der Waals surface area contributed by atoms with Gasteiger partial charge >= 0.3 is 0 Å². The maximum atomic E-state index is 12.0. The molecule has 0 spiro atoms. The summed E-state index contributed by atoms with van der Waals surface area (Å²) >= 11 is 0. The van der Waals surface area contributed by atoms with E-state index in [4.69, 9.17) is 9.47 Å². The summed E-state index contributed by atoms with van der Waals surface area (Å²) in [5.41, 5.74) is 1.05. The average Bonchev–Trinajstić information content (AvgIpc) is 2.62. The van der Waals surface area contributed by atoms with Crippen LogP contribution in [0.2, 0.25) is 0 Å². The zero-order valence-corrected chi connectivity index (χ0v) is 11.5. The minimum atomic E-state index is -0.415. The molecule has 0 saturated carbocycles. The van der Waals surface area contributed by atoms with E-state index in [1.807, 2.05) is 31.2 Å². The Bertz CT molecular complexity index is 433. The first-order valence-corrected chi connectivity index (χ1v) is 6.86. The smallest absolute Gasteiger partial charge is 0.249 e. The minimum absolute atomic E-state index is 0.00843. The average molecular weight is 263 g/mol. The highest BCUT2D eigenvalue weighted by Gasteiger charge is 2.23. The lowest BCUT2D eigenvalue weighted by Gasteiger charge is -2.20. The summed E-state index contributed by atoms with van der Waals surface area (Å²) in [6.07, 6.45) is 1.41. The molecule has 1 aliphatic rings. The first kappa shape index (κ1) is 13.9. The van der Waals surface area contributed by atoms with Gasteiger partial charge in [0.05, 0.1) is 12.6 Å². The number of ether oxygens (including phenoxy) is 2. The Morgan fingerprint density at radius 2 is 2.32 bits per heavy atom. The van der Waals surface area contributed by atoms with Crippen LogP contribution >= 0.6 is 0 Å². The topological polar surface area (TPSA) is 47.6 Å². The number of amides is 1. The number of carbonyl (C=O) groups is 1. The van der Waals surface area contributed by atoms with Crippen molar-refractivity contribution in [2.45, 2.75) is 38.8 Å². The van der Waals surface area contributed by atoms with Crippen molar-refractivity contribution in [3.05, 3.63) is 29.8 Å². The molecule has 0 radical (unpaired) electrons. The number of fused-ring (bicyclic) bond motifs is 1. The molecular formula is C15H21NO3. The zero-order chi connectivity index (χ0) is 13.7. The molecule has 4 nitrogen and oxygen atoms in total. The molecule has 104 valence electrons. The number of nitrogens with one attached hydrogen (secondary N) is 1. The lowest BCUT2D eigenvalue weighted by molar-refractivity contribution is -0.132. The number of hydrogen-bond donors (Lipinski definition) is 1. The first-order chi connectivity index (χ1) is 9.22. The van der Waals surface area contributed by atoms with Crippen LogP contribution in [0.15, 0.2) is 24.3 Å². The Balaban J connectivity index is 2.09. The fourth-order valence-electron chi connectivity index (χ4n) is 2.29. The lowest BCUT2D eigenvalue weighted by Crippen LogP contribution is -2.37. The van der Waals surface area contributed by atoms with Gasteiger partial charge in [-0.25, -0.2) is 0 Å². The molecule has 4 heteroatoms. The molecule has 1 amide bonds. The molecule has 1 aromatic carbocycles. The molecule has 1 heterocycles. The second-order valence-electron chi connectivity index (χ2n) is 4.69. The van der Waals surface area contributed by atoms with Crippen LogP contribution in [0.25, 0.3) is 0 Å². The highest BCUT2D eigenvalue weighted by Crippen LogP contribution is 2.31. The van der Waals surface area contributed by atoms with E-state index in [1.54, 1.807) is 6.92 Å². The van der Waals surface area contributed by atoms with Crippen molar-refractivity contribution in [2.75, 3.05) is 13.2 Å². The van der Waals surface area contributed by atoms with Gasteiger partial charge in [-0.05, 0) is 32.8 Å². The van der Waals surface area contributed by atoms with Gasteiger partial charge in [-0.1, -0.05) is 18.2 Å². The Morgan fingerprint density at radius 3 is 3.11 bits per heavy atom. The molecule has 2 atom stereocenters. The zero-order valence-electron chi connectivity index (χ0n) is 11.5. The summed E-state index contributed by atoms with van der Waals surface area (Å²) in [6, 6.07) is 7.89. The lowest BCUT2D eigenvalue weighted by atomic mass is 10.0. The Morgan fingerprint density at radius 1 is 1.53 bits per heavy atom. The van der Waals surface area contributed by atoms with Crippen LogP contribution < -0.4 is 10.1 Å². The van der Waals surface area contributed by atoms with Gasteiger partial charge in [0, 0.05) is 12.2 Å². The quantitative estimate of drug-likeness (QED) is 0.907. The van der Waals surface area contributed by atoms with Gasteiger partial charge < -0.3 is 14.8 Å². The fourth-order valence-corrected chi connectivity index (χ4v) is 2.29. The number of rotatable bonds is 4. The highest BCUT2D eigenvalue weighted by atomic mass is 16.5. The van der Waals surface area contributed by atoms with E-state index in [0.717, 1.165) is 24.2 Å². The molecule has 0 bridgehead atoms. The van der Waals surface area contributed by atoms with Gasteiger partial charge in [0.25, 0.3) is 0 Å². The van der Waals surface area contributed by atoms with Gasteiger partial charge in [0.1, 0.15) is 11.9 Å². The molecule has 2 rings (SSSR count). The summed E-state index contributed by atoms with van der Waals surface area (Å²) in [5, 5.41) is 3.06. The molecule has 19 heavy (non-hydrogen) atoms. The Kier molecular flexibility index (Phi) is 4.80. The Labute approximate surface area is 114 Å². The molecular weight excluding hydrogens is 242 g/mol. The normalized spacial score (nSPS) is 19.8. The number of carbonyl (C=O) groups excluding carboxylic acids is 1. The van der Waals surface area contributed by atoms with E-state index < -0.39 is 6.10 Å². The van der Waals surface area contributed by atoms with Crippen molar-refractivity contribution in [1.29, 1.82) is 0 Å². The summed E-state index contributed by atoms with van der Waals surface area (Å²) in [7, 11) is 0. The van der Waals surface area contributed by atoms with Crippen LogP contribution in [-0.2, 0) is 9.53 Å². The van der Waals surface area contributed by atoms with Crippen LogP contribution in [0.1, 0.15) is 38.3 Å². The SMILES string of the molecule is CCO[C@H](C)C(=O)N[C@H]1CCCOc2ccccc21. The third-order valence-electron chi connectivity index (χ3n) is 3.29. The summed E-state index contributed by atoms with van der Waals surface area (Å²) in [5.74, 6) is 0.804. The summed E-state index contributed by atoms with van der Waals surface area (Å²) < 4.78 is 11.0. The van der Waals surface area contributed by atoms with Gasteiger partial charge in [0.2, 0.25) is 5.91 Å². The van der Waals surface area contributed by atoms with E-state index in [0.29, 0.717) is 13.2 Å². The van der Waals surface area contributed by atoms with Crippen LogP contribution in [0.4, 0.5) is 0 Å². The third kappa shape index (κ3) is 3.47. The molecule has 0 fully saturated rings. The van der Waals surface area contributed by atoms with Gasteiger partial charge in [-0.2, -0.15) is 0 Å². The van der Waals surface area contributed by atoms with Crippen molar-refractivity contribution >= 4 is 5.91 Å². The fraction of sp³-hybridized carbons (Fsp3) is 0.533. The van der Waals surface area contributed by atoms with Crippen LogP contribution in [0.5, 0.6) is 5.75 Å². The van der Waals surface area contributed by atoms with E-state index in [2.05, 4.69) is 5.32 Å². The maximum absolute atomic E-state index is 12.0. The van der Waals surface area contributed by atoms with Gasteiger partial charge in [-0.3, -0.25) is 4.79 Å². The van der Waals surface area contributed by atoms with Gasteiger partial charge in [-0.15, -0.1) is 0 Å². The second-order valence-corrected chi connectivity index (χ2v) is 4.69. The van der Waals surface area contributed by atoms with Crippen molar-refractivity contribution in [3.8, 4) is 5.75 Å². The predicted octanol–water partition coefficient (Wildman–Crippen LogP) is 2.44. The monoisotopic (exact) mass is 263 g/mol. The molecule has 0 unspecified atom stereocenters. The van der Waals surface area contributed by atoms with Crippen molar-refractivity contribution in [3.63, 3.8) is 0 Å². The number of hydrogen-bond acceptors (Lipinski definition) is 3. The molecule has 0 aliphatic carbocycles. The highest BCUT2D eigenvalue weighted by molar-refractivity contribution is 5.80. The standard InChI is InChI=1S/C15H21NO3/c1-3-18-11(2)15(17)16-13-8-6-10-19-14-9-5-4-7-12(13)14/h4-5,7,9,11,13H,3,6,8,10H2,1-2H3,(H,16,17)/t11-,13+/m1/s1. The van der Waals surface area contributed by atoms with Crippen molar-refractivity contribution in [1.82, 2.24) is 5.32 Å². The first-order valence-electron chi connectivity index (χ1n) is 6.86. The molecule has 1 aromatic rings. The van der Waals surface area contributed by atoms with Gasteiger partial charge in [0.15, 0.2) is 0 Å². The molecule has 0 aromatic heterocycles. The third-order valence-corrected chi connectivity index (χ3v) is 3.29. The van der Waals surface area contributed by atoms with Crippen LogP contribution in [-0.4, -0.2) is 25.2 Å². The number of para-hydroxylation sites is 1.